The number of carbonyl (C=O) groups excluding carboxylic acids is 1. The van der Waals surface area contributed by atoms with E-state index in [2.05, 4.69) is 35.2 Å². The lowest BCUT2D eigenvalue weighted by Gasteiger charge is -2.46. The molecule has 3 aromatic rings. The van der Waals surface area contributed by atoms with Crippen LogP contribution in [0.2, 0.25) is 0 Å². The number of tetrazole rings is 1. The van der Waals surface area contributed by atoms with Crippen LogP contribution in [-0.2, 0) is 16.0 Å². The van der Waals surface area contributed by atoms with Crippen molar-refractivity contribution in [2.45, 2.75) is 25.5 Å². The largest absolute Gasteiger partial charge is 0.371 e. The minimum absolute atomic E-state index is 0.0117. The van der Waals surface area contributed by atoms with E-state index in [0.717, 1.165) is 12.1 Å². The minimum Gasteiger partial charge on any atom is -0.371 e. The van der Waals surface area contributed by atoms with E-state index in [-0.39, 0.29) is 30.2 Å². The van der Waals surface area contributed by atoms with Gasteiger partial charge in [0.05, 0.1) is 49.8 Å². The molecule has 0 spiro atoms. The Bertz CT molecular complexity index is 1230. The van der Waals surface area contributed by atoms with Crippen LogP contribution >= 0.6 is 0 Å². The normalized spacial score (nSPS) is 20.6. The molecule has 0 bridgehead atoms. The average molecular weight is 463 g/mol. The fourth-order valence-electron chi connectivity index (χ4n) is 4.46. The zero-order valence-electron chi connectivity index (χ0n) is 18.5. The summed E-state index contributed by atoms with van der Waals surface area (Å²) in [6.07, 6.45) is 4.44. The third-order valence-corrected chi connectivity index (χ3v) is 6.34. The predicted octanol–water partition coefficient (Wildman–Crippen LogP) is 1.28. The first-order chi connectivity index (χ1) is 16.5. The smallest absolute Gasteiger partial charge is 0.228 e. The predicted molar refractivity (Wildman–Crippen MR) is 116 cm³/mol. The summed E-state index contributed by atoms with van der Waals surface area (Å²) in [5, 5.41) is 10.9. The molecule has 1 amide bonds. The van der Waals surface area contributed by atoms with E-state index in [1.54, 1.807) is 19.2 Å². The number of benzene rings is 1. The summed E-state index contributed by atoms with van der Waals surface area (Å²) in [5.41, 5.74) is 2.09. The lowest BCUT2D eigenvalue weighted by atomic mass is 9.98. The van der Waals surface area contributed by atoms with Gasteiger partial charge in [-0.25, -0.2) is 14.2 Å². The van der Waals surface area contributed by atoms with E-state index in [0.29, 0.717) is 43.3 Å². The highest BCUT2D eigenvalue weighted by atomic mass is 19.1. The van der Waals surface area contributed by atoms with Gasteiger partial charge in [0, 0.05) is 26.2 Å². The van der Waals surface area contributed by atoms with Crippen LogP contribution in [0, 0.1) is 19.3 Å². The first kappa shape index (κ1) is 22.0. The Hall–Kier alpha value is -3.82. The SMILES string of the molecule is [C-]#[N+]c1c(F)ccc([C@H]2CN3CCN(C(=O)Cc4cnc(-n5cnnn5)cn4)C[C@H]3CO2)c1C. The zero-order valence-corrected chi connectivity index (χ0v) is 18.5. The molecule has 0 aliphatic carbocycles. The van der Waals surface area contributed by atoms with Crippen LogP contribution in [0.25, 0.3) is 10.7 Å². The van der Waals surface area contributed by atoms with Gasteiger partial charge in [-0.1, -0.05) is 6.07 Å². The lowest BCUT2D eigenvalue weighted by molar-refractivity contribution is -0.139. The molecule has 0 saturated carbocycles. The van der Waals surface area contributed by atoms with Gasteiger partial charge in [0.15, 0.2) is 5.82 Å². The summed E-state index contributed by atoms with van der Waals surface area (Å²) in [6, 6.07) is 3.12. The van der Waals surface area contributed by atoms with Crippen LogP contribution in [0.5, 0.6) is 0 Å². The number of hydrogen-bond donors (Lipinski definition) is 0. The zero-order chi connectivity index (χ0) is 23.7. The monoisotopic (exact) mass is 463 g/mol. The first-order valence-electron chi connectivity index (χ1n) is 10.9. The summed E-state index contributed by atoms with van der Waals surface area (Å²) in [7, 11) is 0. The average Bonchev–Trinajstić information content (AvgIpc) is 3.39. The highest BCUT2D eigenvalue weighted by Gasteiger charge is 2.36. The number of rotatable bonds is 4. The molecular weight excluding hydrogens is 441 g/mol. The molecule has 2 aromatic heterocycles. The van der Waals surface area contributed by atoms with Crippen molar-refractivity contribution in [2.75, 3.05) is 32.8 Å². The second-order valence-corrected chi connectivity index (χ2v) is 8.33. The summed E-state index contributed by atoms with van der Waals surface area (Å²) in [5.74, 6) is -0.0437. The van der Waals surface area contributed by atoms with Crippen molar-refractivity contribution in [3.05, 3.63) is 64.9 Å². The van der Waals surface area contributed by atoms with Crippen LogP contribution in [-0.4, -0.2) is 84.7 Å². The quantitative estimate of drug-likeness (QED) is 0.533. The van der Waals surface area contributed by atoms with E-state index in [1.807, 2.05) is 4.90 Å². The second kappa shape index (κ2) is 9.20. The number of carbonyl (C=O) groups is 1. The molecule has 0 N–H and O–H groups in total. The van der Waals surface area contributed by atoms with Gasteiger partial charge >= 0.3 is 0 Å². The number of fused-ring (bicyclic) bond motifs is 1. The molecule has 12 heteroatoms. The molecule has 174 valence electrons. The van der Waals surface area contributed by atoms with Crippen molar-refractivity contribution < 1.29 is 13.9 Å². The van der Waals surface area contributed by atoms with Gasteiger partial charge in [-0.15, -0.1) is 5.10 Å². The minimum atomic E-state index is -0.508. The Kier molecular flexibility index (Phi) is 5.95. The van der Waals surface area contributed by atoms with Crippen molar-refractivity contribution >= 4 is 11.6 Å². The van der Waals surface area contributed by atoms with E-state index < -0.39 is 5.82 Å². The third kappa shape index (κ3) is 4.23. The molecule has 4 heterocycles. The summed E-state index contributed by atoms with van der Waals surface area (Å²) in [4.78, 5) is 28.9. The molecular formula is C22H22FN9O2. The van der Waals surface area contributed by atoms with Crippen molar-refractivity contribution in [1.82, 2.24) is 40.0 Å². The highest BCUT2D eigenvalue weighted by molar-refractivity contribution is 5.78. The highest BCUT2D eigenvalue weighted by Crippen LogP contribution is 2.34. The lowest BCUT2D eigenvalue weighted by Crippen LogP contribution is -2.59. The second-order valence-electron chi connectivity index (χ2n) is 8.33. The number of ether oxygens (including phenoxy) is 1. The molecule has 2 saturated heterocycles. The van der Waals surface area contributed by atoms with Crippen molar-refractivity contribution in [3.63, 3.8) is 0 Å². The third-order valence-electron chi connectivity index (χ3n) is 6.34. The van der Waals surface area contributed by atoms with Gasteiger partial charge in [-0.3, -0.25) is 14.7 Å². The van der Waals surface area contributed by atoms with Gasteiger partial charge in [0.1, 0.15) is 12.1 Å². The van der Waals surface area contributed by atoms with Gasteiger partial charge in [0.25, 0.3) is 0 Å². The number of aromatic nitrogens is 6. The number of amides is 1. The molecule has 2 atom stereocenters. The van der Waals surface area contributed by atoms with E-state index in [9.17, 15) is 9.18 Å². The molecule has 34 heavy (non-hydrogen) atoms. The summed E-state index contributed by atoms with van der Waals surface area (Å²) >= 11 is 0. The Morgan fingerprint density at radius 1 is 1.26 bits per heavy atom. The Morgan fingerprint density at radius 2 is 2.15 bits per heavy atom. The maximum atomic E-state index is 13.9. The Morgan fingerprint density at radius 3 is 2.88 bits per heavy atom. The van der Waals surface area contributed by atoms with Crippen molar-refractivity contribution in [1.29, 1.82) is 0 Å². The van der Waals surface area contributed by atoms with Gasteiger partial charge < -0.3 is 9.64 Å². The molecule has 0 radical (unpaired) electrons. The Balaban J connectivity index is 1.19. The van der Waals surface area contributed by atoms with Gasteiger partial charge in [0.2, 0.25) is 11.6 Å². The number of nitrogens with zero attached hydrogens (tertiary/aromatic N) is 9. The number of morpholine rings is 1. The van der Waals surface area contributed by atoms with Gasteiger partial charge in [-0.2, -0.15) is 4.68 Å². The topological polar surface area (TPSA) is 107 Å². The van der Waals surface area contributed by atoms with Crippen LogP contribution in [0.1, 0.15) is 22.9 Å². The fourth-order valence-corrected chi connectivity index (χ4v) is 4.46. The maximum Gasteiger partial charge on any atom is 0.228 e. The van der Waals surface area contributed by atoms with Crippen LogP contribution in [0.15, 0.2) is 30.9 Å². The molecule has 5 rings (SSSR count). The van der Waals surface area contributed by atoms with E-state index in [4.69, 9.17) is 11.3 Å². The molecule has 2 fully saturated rings. The summed E-state index contributed by atoms with van der Waals surface area (Å²) in [6.45, 7) is 12.0. The summed E-state index contributed by atoms with van der Waals surface area (Å²) < 4.78 is 21.4. The number of hydrogen-bond acceptors (Lipinski definition) is 8. The maximum absolute atomic E-state index is 13.9. The molecule has 2 aliphatic heterocycles. The number of piperazine rings is 1. The fraction of sp³-hybridized carbons (Fsp3) is 0.409. The standard InChI is InChI=1S/C22H22FN9O2/c1-14-17(3-4-18(23)22(14)24-2)19-11-30-5-6-31(10-16(30)12-34-19)21(33)7-15-8-26-20(9-25-15)32-13-27-28-29-32/h3-4,8-9,13,16,19H,5-7,10-12H2,1H3/t16-,19+/m0/s1. The Labute approximate surface area is 195 Å². The molecule has 11 nitrogen and oxygen atoms in total. The number of halogens is 1. The van der Waals surface area contributed by atoms with Gasteiger partial charge in [-0.05, 0) is 34.5 Å². The van der Waals surface area contributed by atoms with Crippen molar-refractivity contribution in [3.8, 4) is 5.82 Å². The molecule has 1 aromatic carbocycles. The van der Waals surface area contributed by atoms with Crippen molar-refractivity contribution in [2.24, 2.45) is 0 Å². The first-order valence-corrected chi connectivity index (χ1v) is 10.9. The van der Waals surface area contributed by atoms with Crippen LogP contribution in [0.3, 0.4) is 0 Å². The van der Waals surface area contributed by atoms with E-state index in [1.165, 1.54) is 23.3 Å². The van der Waals surface area contributed by atoms with E-state index >= 15 is 0 Å². The van der Waals surface area contributed by atoms with Crippen LogP contribution < -0.4 is 0 Å². The van der Waals surface area contributed by atoms with Crippen LogP contribution in [0.4, 0.5) is 10.1 Å². The molecule has 0 unspecified atom stereocenters. The molecule has 2 aliphatic rings.